The van der Waals surface area contributed by atoms with Crippen LogP contribution < -0.4 is 0 Å². The van der Waals surface area contributed by atoms with E-state index in [-0.39, 0.29) is 0 Å². The second-order valence-corrected chi connectivity index (χ2v) is 5.88. The van der Waals surface area contributed by atoms with Crippen molar-refractivity contribution in [1.29, 1.82) is 0 Å². The number of aryl methyl sites for hydroxylation is 1. The maximum absolute atomic E-state index is 9.93. The smallest absolute Gasteiger partial charge is 0.122 e. The van der Waals surface area contributed by atoms with Crippen LogP contribution >= 0.6 is 0 Å². The van der Waals surface area contributed by atoms with Gasteiger partial charge in [0.2, 0.25) is 0 Å². The van der Waals surface area contributed by atoms with Gasteiger partial charge in [0, 0.05) is 0 Å². The molecule has 0 unspecified atom stereocenters. The van der Waals surface area contributed by atoms with E-state index in [0.717, 1.165) is 16.7 Å². The van der Waals surface area contributed by atoms with Gasteiger partial charge in [-0.25, -0.2) is 0 Å². The van der Waals surface area contributed by atoms with E-state index in [2.05, 4.69) is 27.7 Å². The number of rotatable bonds is 2. The summed E-state index contributed by atoms with van der Waals surface area (Å²) in [5, 5.41) is 18.8. The van der Waals surface area contributed by atoms with Crippen LogP contribution in [0.4, 0.5) is 0 Å². The second-order valence-electron chi connectivity index (χ2n) is 5.88. The van der Waals surface area contributed by atoms with E-state index < -0.39 is 0 Å². The Hall–Kier alpha value is -1.96. The van der Waals surface area contributed by atoms with Gasteiger partial charge in [0.15, 0.2) is 0 Å². The monoisotopic (exact) mass is 286 g/mol. The minimum atomic E-state index is 0.368. The zero-order valence-corrected chi connectivity index (χ0v) is 13.6. The Bertz CT molecular complexity index is 524. The first-order valence-corrected chi connectivity index (χ1v) is 7.41. The summed E-state index contributed by atoms with van der Waals surface area (Å²) >= 11 is 0. The van der Waals surface area contributed by atoms with Crippen molar-refractivity contribution in [3.63, 3.8) is 0 Å². The number of aromatic hydroxyl groups is 2. The molecule has 0 aliphatic heterocycles. The fraction of sp³-hybridized carbons (Fsp3) is 0.368. The number of phenolic OH excluding ortho intramolecular Hbond substituents is 2. The van der Waals surface area contributed by atoms with Gasteiger partial charge < -0.3 is 10.2 Å². The van der Waals surface area contributed by atoms with Crippen molar-refractivity contribution in [3.8, 4) is 11.5 Å². The average Bonchev–Trinajstić information content (AvgIpc) is 2.42. The van der Waals surface area contributed by atoms with Crippen LogP contribution in [0, 0.1) is 6.92 Å². The molecular formula is C19H26O2. The highest BCUT2D eigenvalue weighted by Gasteiger charge is 2.11. The largest absolute Gasteiger partial charge is 0.508 e. The van der Waals surface area contributed by atoms with Gasteiger partial charge in [-0.1, -0.05) is 64.1 Å². The van der Waals surface area contributed by atoms with E-state index in [9.17, 15) is 5.11 Å². The van der Waals surface area contributed by atoms with E-state index >= 15 is 0 Å². The highest BCUT2D eigenvalue weighted by molar-refractivity contribution is 5.43. The molecule has 114 valence electrons. The average molecular weight is 286 g/mol. The van der Waals surface area contributed by atoms with Gasteiger partial charge >= 0.3 is 0 Å². The molecular weight excluding hydrogens is 260 g/mol. The minimum absolute atomic E-state index is 0.368. The second kappa shape index (κ2) is 7.72. The first-order valence-electron chi connectivity index (χ1n) is 7.41. The third-order valence-corrected chi connectivity index (χ3v) is 3.46. The van der Waals surface area contributed by atoms with Crippen molar-refractivity contribution < 1.29 is 10.2 Å². The molecule has 0 bridgehead atoms. The summed E-state index contributed by atoms with van der Waals surface area (Å²) < 4.78 is 0. The van der Waals surface area contributed by atoms with Gasteiger partial charge in [0.1, 0.15) is 11.5 Å². The van der Waals surface area contributed by atoms with Crippen molar-refractivity contribution in [2.75, 3.05) is 0 Å². The summed E-state index contributed by atoms with van der Waals surface area (Å²) in [4.78, 5) is 0. The van der Waals surface area contributed by atoms with Gasteiger partial charge in [-0.15, -0.1) is 0 Å². The van der Waals surface area contributed by atoms with E-state index in [1.54, 1.807) is 6.07 Å². The molecule has 0 radical (unpaired) electrons. The topological polar surface area (TPSA) is 40.5 Å². The molecule has 0 saturated carbocycles. The Morgan fingerprint density at radius 1 is 0.714 bits per heavy atom. The van der Waals surface area contributed by atoms with E-state index in [1.165, 1.54) is 0 Å². The highest BCUT2D eigenvalue weighted by atomic mass is 16.3. The van der Waals surface area contributed by atoms with Crippen molar-refractivity contribution in [2.24, 2.45) is 0 Å². The lowest BCUT2D eigenvalue weighted by Gasteiger charge is -2.14. The number of hydrogen-bond acceptors (Lipinski definition) is 2. The molecule has 0 aromatic heterocycles. The van der Waals surface area contributed by atoms with Gasteiger partial charge in [-0.05, 0) is 41.5 Å². The molecule has 2 aromatic rings. The molecule has 0 aliphatic rings. The molecule has 0 saturated heterocycles. The summed E-state index contributed by atoms with van der Waals surface area (Å²) in [7, 11) is 0. The molecule has 2 heteroatoms. The Morgan fingerprint density at radius 3 is 1.52 bits per heavy atom. The van der Waals surface area contributed by atoms with Crippen LogP contribution in [0.1, 0.15) is 56.2 Å². The van der Waals surface area contributed by atoms with E-state index in [0.29, 0.717) is 23.3 Å². The predicted molar refractivity (Wildman–Crippen MR) is 89.1 cm³/mol. The third kappa shape index (κ3) is 4.82. The van der Waals surface area contributed by atoms with Crippen LogP contribution in [0.2, 0.25) is 0 Å². The van der Waals surface area contributed by atoms with Crippen LogP contribution in [0.3, 0.4) is 0 Å². The maximum atomic E-state index is 9.93. The molecule has 0 heterocycles. The molecule has 0 aliphatic carbocycles. The van der Waals surface area contributed by atoms with Crippen molar-refractivity contribution in [3.05, 3.63) is 59.2 Å². The van der Waals surface area contributed by atoms with Crippen LogP contribution in [-0.2, 0) is 0 Å². The summed E-state index contributed by atoms with van der Waals surface area (Å²) in [6.07, 6.45) is 0. The molecule has 2 rings (SSSR count). The Kier molecular flexibility index (Phi) is 6.29. The first kappa shape index (κ1) is 17.1. The van der Waals surface area contributed by atoms with Gasteiger partial charge in [-0.2, -0.15) is 0 Å². The highest BCUT2D eigenvalue weighted by Crippen LogP contribution is 2.32. The molecule has 0 atom stereocenters. The zero-order valence-electron chi connectivity index (χ0n) is 13.6. The third-order valence-electron chi connectivity index (χ3n) is 3.46. The van der Waals surface area contributed by atoms with Crippen LogP contribution in [0.25, 0.3) is 0 Å². The number of hydrogen-bond donors (Lipinski definition) is 2. The summed E-state index contributed by atoms with van der Waals surface area (Å²) in [6.45, 7) is 10.3. The molecule has 2 nitrogen and oxygen atoms in total. The van der Waals surface area contributed by atoms with Crippen molar-refractivity contribution >= 4 is 0 Å². The van der Waals surface area contributed by atoms with Crippen molar-refractivity contribution in [2.45, 2.75) is 46.5 Å². The maximum Gasteiger partial charge on any atom is 0.122 e. The minimum Gasteiger partial charge on any atom is -0.508 e. The summed E-state index contributed by atoms with van der Waals surface area (Å²) in [6, 6.07) is 13.3. The summed E-state index contributed by atoms with van der Waals surface area (Å²) in [5.74, 6) is 1.62. The van der Waals surface area contributed by atoms with Crippen LogP contribution in [-0.4, -0.2) is 10.2 Å². The Balaban J connectivity index is 0.000000235. The zero-order chi connectivity index (χ0) is 16.0. The fourth-order valence-electron chi connectivity index (χ4n) is 2.08. The SMILES string of the molecule is CC(C)c1cccc(C(C)C)c1O.Cc1ccccc1O. The quantitative estimate of drug-likeness (QED) is 0.782. The number of para-hydroxylation sites is 2. The standard InChI is InChI=1S/C12H18O.C7H8O/c1-8(2)10-6-5-7-11(9(3)4)12(10)13;1-6-4-2-3-5-7(6)8/h5-9,13H,1-4H3;2-5,8H,1H3. The lowest BCUT2D eigenvalue weighted by molar-refractivity contribution is 0.454. The van der Waals surface area contributed by atoms with Crippen molar-refractivity contribution in [1.82, 2.24) is 0 Å². The molecule has 0 spiro atoms. The Morgan fingerprint density at radius 2 is 1.19 bits per heavy atom. The van der Waals surface area contributed by atoms with Gasteiger partial charge in [-0.3, -0.25) is 0 Å². The van der Waals surface area contributed by atoms with E-state index in [4.69, 9.17) is 5.11 Å². The molecule has 0 amide bonds. The summed E-state index contributed by atoms with van der Waals surface area (Å²) in [5.41, 5.74) is 3.02. The lowest BCUT2D eigenvalue weighted by atomic mass is 9.94. The van der Waals surface area contributed by atoms with Gasteiger partial charge in [0.05, 0.1) is 0 Å². The fourth-order valence-corrected chi connectivity index (χ4v) is 2.08. The van der Waals surface area contributed by atoms with E-state index in [1.807, 2.05) is 43.3 Å². The lowest BCUT2D eigenvalue weighted by Crippen LogP contribution is -1.94. The number of phenols is 2. The molecule has 2 N–H and O–H groups in total. The van der Waals surface area contributed by atoms with Crippen LogP contribution in [0.15, 0.2) is 42.5 Å². The normalized spacial score (nSPS) is 10.4. The van der Waals surface area contributed by atoms with Crippen LogP contribution in [0.5, 0.6) is 11.5 Å². The first-order chi connectivity index (χ1) is 9.84. The Labute approximate surface area is 128 Å². The molecule has 0 fully saturated rings. The number of benzene rings is 2. The van der Waals surface area contributed by atoms with Gasteiger partial charge in [0.25, 0.3) is 0 Å². The molecule has 2 aromatic carbocycles. The molecule has 21 heavy (non-hydrogen) atoms. The predicted octanol–water partition coefficient (Wildman–Crippen LogP) is 5.34.